The molecule has 0 aromatic carbocycles. The molecule has 1 fully saturated rings. The van der Waals surface area contributed by atoms with Crippen molar-refractivity contribution in [1.82, 2.24) is 9.62 Å². The Bertz CT molecular complexity index is 356. The number of piperidine rings is 1. The number of carbonyl (C=O) groups is 1. The molecule has 1 aliphatic heterocycles. The standard InChI is InChI=1S/C10H21N3O3S/c1-17(15,16)12-8-9-4-2-3-7-13(9)10(14)5-6-11/h9,12H,2-8,11H2,1H3. The van der Waals surface area contributed by atoms with E-state index in [1.807, 2.05) is 0 Å². The number of likely N-dealkylation sites (tertiary alicyclic amines) is 1. The van der Waals surface area contributed by atoms with Gasteiger partial charge in [0.05, 0.1) is 6.26 Å². The summed E-state index contributed by atoms with van der Waals surface area (Å²) in [5, 5.41) is 0. The van der Waals surface area contributed by atoms with Gasteiger partial charge in [0, 0.05) is 32.1 Å². The molecule has 0 aromatic heterocycles. The van der Waals surface area contributed by atoms with Crippen LogP contribution in [-0.4, -0.2) is 51.2 Å². The van der Waals surface area contributed by atoms with Gasteiger partial charge >= 0.3 is 0 Å². The van der Waals surface area contributed by atoms with Crippen molar-refractivity contribution in [3.05, 3.63) is 0 Å². The van der Waals surface area contributed by atoms with Crippen molar-refractivity contribution >= 4 is 15.9 Å². The first-order valence-electron chi connectivity index (χ1n) is 5.88. The molecular formula is C10H21N3O3S. The zero-order valence-corrected chi connectivity index (χ0v) is 11.0. The largest absolute Gasteiger partial charge is 0.338 e. The number of nitrogens with zero attached hydrogens (tertiary/aromatic N) is 1. The van der Waals surface area contributed by atoms with Crippen LogP contribution in [0.1, 0.15) is 25.7 Å². The molecule has 1 aliphatic rings. The molecule has 0 saturated carbocycles. The predicted molar refractivity (Wildman–Crippen MR) is 65.9 cm³/mol. The fourth-order valence-corrected chi connectivity index (χ4v) is 2.55. The van der Waals surface area contributed by atoms with E-state index in [0.717, 1.165) is 25.5 Å². The lowest BCUT2D eigenvalue weighted by molar-refractivity contribution is -0.134. The van der Waals surface area contributed by atoms with E-state index in [-0.39, 0.29) is 11.9 Å². The van der Waals surface area contributed by atoms with Crippen molar-refractivity contribution in [3.63, 3.8) is 0 Å². The van der Waals surface area contributed by atoms with Gasteiger partial charge in [0.1, 0.15) is 0 Å². The maximum Gasteiger partial charge on any atom is 0.224 e. The van der Waals surface area contributed by atoms with Crippen LogP contribution in [0.4, 0.5) is 0 Å². The van der Waals surface area contributed by atoms with Crippen molar-refractivity contribution in [1.29, 1.82) is 0 Å². The van der Waals surface area contributed by atoms with Crippen molar-refractivity contribution in [2.75, 3.05) is 25.9 Å². The van der Waals surface area contributed by atoms with Crippen LogP contribution in [0, 0.1) is 0 Å². The van der Waals surface area contributed by atoms with E-state index in [2.05, 4.69) is 4.72 Å². The van der Waals surface area contributed by atoms with E-state index in [4.69, 9.17) is 5.73 Å². The summed E-state index contributed by atoms with van der Waals surface area (Å²) in [6.07, 6.45) is 4.31. The van der Waals surface area contributed by atoms with Gasteiger partial charge in [-0.3, -0.25) is 4.79 Å². The molecule has 0 aliphatic carbocycles. The van der Waals surface area contributed by atoms with Gasteiger partial charge in [-0.15, -0.1) is 0 Å². The lowest BCUT2D eigenvalue weighted by atomic mass is 10.0. The molecule has 17 heavy (non-hydrogen) atoms. The van der Waals surface area contributed by atoms with E-state index in [0.29, 0.717) is 26.1 Å². The van der Waals surface area contributed by atoms with Crippen molar-refractivity contribution < 1.29 is 13.2 Å². The van der Waals surface area contributed by atoms with Gasteiger partial charge < -0.3 is 10.6 Å². The lowest BCUT2D eigenvalue weighted by Gasteiger charge is -2.35. The summed E-state index contributed by atoms with van der Waals surface area (Å²) in [7, 11) is -3.20. The van der Waals surface area contributed by atoms with Crippen LogP contribution in [0.5, 0.6) is 0 Å². The maximum atomic E-state index is 11.8. The molecule has 100 valence electrons. The molecule has 0 bridgehead atoms. The maximum absolute atomic E-state index is 11.8. The zero-order valence-electron chi connectivity index (χ0n) is 10.2. The minimum absolute atomic E-state index is 0.0208. The number of nitrogens with one attached hydrogen (secondary N) is 1. The topological polar surface area (TPSA) is 92.5 Å². The van der Waals surface area contributed by atoms with Crippen LogP contribution in [0.2, 0.25) is 0 Å². The molecule has 0 radical (unpaired) electrons. The van der Waals surface area contributed by atoms with E-state index in [1.165, 1.54) is 0 Å². The second-order valence-corrected chi connectivity index (χ2v) is 6.23. The highest BCUT2D eigenvalue weighted by Gasteiger charge is 2.26. The predicted octanol–water partition coefficient (Wildman–Crippen LogP) is -0.734. The summed E-state index contributed by atoms with van der Waals surface area (Å²) in [5.74, 6) is 0.0208. The van der Waals surface area contributed by atoms with Crippen LogP contribution in [-0.2, 0) is 14.8 Å². The SMILES string of the molecule is CS(=O)(=O)NCC1CCCCN1C(=O)CCN. The van der Waals surface area contributed by atoms with Gasteiger partial charge in [-0.2, -0.15) is 0 Å². The third kappa shape index (κ3) is 5.01. The Morgan fingerprint density at radius 3 is 2.76 bits per heavy atom. The van der Waals surface area contributed by atoms with Crippen LogP contribution in [0.3, 0.4) is 0 Å². The number of hydrogen-bond acceptors (Lipinski definition) is 4. The number of nitrogens with two attached hydrogens (primary N) is 1. The summed E-state index contributed by atoms with van der Waals surface area (Å²) in [5.41, 5.74) is 5.37. The summed E-state index contributed by atoms with van der Waals surface area (Å²) in [6.45, 7) is 1.34. The minimum atomic E-state index is -3.20. The van der Waals surface area contributed by atoms with E-state index in [9.17, 15) is 13.2 Å². The third-order valence-electron chi connectivity index (χ3n) is 2.89. The Labute approximate surface area is 103 Å². The molecule has 0 aromatic rings. The van der Waals surface area contributed by atoms with Crippen molar-refractivity contribution in [2.24, 2.45) is 5.73 Å². The third-order valence-corrected chi connectivity index (χ3v) is 3.58. The van der Waals surface area contributed by atoms with Crippen LogP contribution in [0.15, 0.2) is 0 Å². The zero-order chi connectivity index (χ0) is 12.9. The normalized spacial score (nSPS) is 21.5. The molecule has 3 N–H and O–H groups in total. The highest BCUT2D eigenvalue weighted by molar-refractivity contribution is 7.88. The van der Waals surface area contributed by atoms with Gasteiger partial charge in [-0.1, -0.05) is 0 Å². The van der Waals surface area contributed by atoms with E-state index < -0.39 is 10.0 Å². The number of sulfonamides is 1. The average molecular weight is 263 g/mol. The first-order valence-corrected chi connectivity index (χ1v) is 7.77. The summed E-state index contributed by atoms with van der Waals surface area (Å²) in [4.78, 5) is 13.6. The number of carbonyl (C=O) groups excluding carboxylic acids is 1. The van der Waals surface area contributed by atoms with Crippen molar-refractivity contribution in [3.8, 4) is 0 Å². The summed E-state index contributed by atoms with van der Waals surface area (Å²) >= 11 is 0. The molecule has 1 amide bonds. The Morgan fingerprint density at radius 1 is 1.47 bits per heavy atom. The first-order chi connectivity index (χ1) is 7.94. The van der Waals surface area contributed by atoms with Crippen LogP contribution in [0.25, 0.3) is 0 Å². The molecular weight excluding hydrogens is 242 g/mol. The number of hydrogen-bond donors (Lipinski definition) is 2. The molecule has 1 heterocycles. The Balaban J connectivity index is 2.56. The lowest BCUT2D eigenvalue weighted by Crippen LogP contribution is -2.49. The second kappa shape index (κ2) is 6.32. The molecule has 0 spiro atoms. The smallest absolute Gasteiger partial charge is 0.224 e. The molecule has 6 nitrogen and oxygen atoms in total. The molecule has 1 unspecified atom stereocenters. The van der Waals surface area contributed by atoms with Gasteiger partial charge in [-0.25, -0.2) is 13.1 Å². The molecule has 1 atom stereocenters. The highest BCUT2D eigenvalue weighted by atomic mass is 32.2. The Kier molecular flexibility index (Phi) is 5.35. The Hall–Kier alpha value is -0.660. The summed E-state index contributed by atoms with van der Waals surface area (Å²) in [6, 6.07) is -0.0301. The fourth-order valence-electron chi connectivity index (χ4n) is 2.06. The Morgan fingerprint density at radius 2 is 2.18 bits per heavy atom. The summed E-state index contributed by atoms with van der Waals surface area (Å²) < 4.78 is 24.5. The number of rotatable bonds is 5. The average Bonchev–Trinajstić information content (AvgIpc) is 2.26. The van der Waals surface area contributed by atoms with E-state index in [1.54, 1.807) is 4.90 Å². The quantitative estimate of drug-likeness (QED) is 0.683. The molecule has 7 heteroatoms. The van der Waals surface area contributed by atoms with Gasteiger partial charge in [0.2, 0.25) is 15.9 Å². The van der Waals surface area contributed by atoms with Crippen LogP contribution < -0.4 is 10.5 Å². The van der Waals surface area contributed by atoms with Gasteiger partial charge in [0.15, 0.2) is 0 Å². The fraction of sp³-hybridized carbons (Fsp3) is 0.900. The first kappa shape index (κ1) is 14.4. The minimum Gasteiger partial charge on any atom is -0.338 e. The monoisotopic (exact) mass is 263 g/mol. The second-order valence-electron chi connectivity index (χ2n) is 4.40. The van der Waals surface area contributed by atoms with Crippen LogP contribution >= 0.6 is 0 Å². The molecule has 1 saturated heterocycles. The van der Waals surface area contributed by atoms with Crippen molar-refractivity contribution in [2.45, 2.75) is 31.7 Å². The molecule has 1 rings (SSSR count). The van der Waals surface area contributed by atoms with Gasteiger partial charge in [-0.05, 0) is 19.3 Å². The van der Waals surface area contributed by atoms with Gasteiger partial charge in [0.25, 0.3) is 0 Å². The number of amides is 1. The van der Waals surface area contributed by atoms with E-state index >= 15 is 0 Å². The highest BCUT2D eigenvalue weighted by Crippen LogP contribution is 2.17.